The molecule has 89 valence electrons. The fourth-order valence-electron chi connectivity index (χ4n) is 1.51. The Morgan fingerprint density at radius 3 is 2.38 bits per heavy atom. The van der Waals surface area contributed by atoms with Crippen LogP contribution in [0.5, 0.6) is 0 Å². The molecule has 1 nitrogen and oxygen atoms in total. The molecule has 0 aliphatic carbocycles. The smallest absolute Gasteiger partial charge is 0.0716 e. The first-order valence-electron chi connectivity index (χ1n) is 5.94. The Bertz CT molecular complexity index is 269. The number of hydrogen-bond acceptors (Lipinski definition) is 1. The van der Waals surface area contributed by atoms with Crippen LogP contribution in [-0.2, 0) is 11.3 Å². The largest absolute Gasteiger partial charge is 0.377 e. The minimum Gasteiger partial charge on any atom is -0.377 e. The molecule has 0 saturated carbocycles. The van der Waals surface area contributed by atoms with E-state index >= 15 is 0 Å². The van der Waals surface area contributed by atoms with Gasteiger partial charge >= 0.3 is 0 Å². The normalized spacial score (nSPS) is 10.6. The summed E-state index contributed by atoms with van der Waals surface area (Å²) in [6, 6.07) is 7.80. The van der Waals surface area contributed by atoms with E-state index in [9.17, 15) is 0 Å². The van der Waals surface area contributed by atoms with E-state index in [-0.39, 0.29) is 0 Å². The van der Waals surface area contributed by atoms with Crippen molar-refractivity contribution in [3.8, 4) is 0 Å². The molecule has 1 aromatic rings. The Morgan fingerprint density at radius 2 is 1.69 bits per heavy atom. The molecule has 0 unspecified atom stereocenters. The predicted octanol–water partition coefficient (Wildman–Crippen LogP) is 4.64. The SMILES string of the molecule is [CH2]CCCCCCOCc1ccc(Cl)cc1. The molecule has 16 heavy (non-hydrogen) atoms. The van der Waals surface area contributed by atoms with Crippen LogP contribution in [0.2, 0.25) is 5.02 Å². The number of benzene rings is 1. The van der Waals surface area contributed by atoms with Gasteiger partial charge in [-0.05, 0) is 24.1 Å². The second-order valence-electron chi connectivity index (χ2n) is 3.95. The van der Waals surface area contributed by atoms with E-state index in [0.717, 1.165) is 24.5 Å². The number of unbranched alkanes of at least 4 members (excludes halogenated alkanes) is 4. The second kappa shape index (κ2) is 8.60. The molecule has 0 aliphatic heterocycles. The monoisotopic (exact) mass is 239 g/mol. The average Bonchev–Trinajstić information content (AvgIpc) is 2.30. The molecular formula is C14H20ClO. The molecule has 0 N–H and O–H groups in total. The van der Waals surface area contributed by atoms with E-state index in [4.69, 9.17) is 16.3 Å². The van der Waals surface area contributed by atoms with Crippen LogP contribution in [0.1, 0.15) is 37.7 Å². The van der Waals surface area contributed by atoms with Crippen molar-refractivity contribution >= 4 is 11.6 Å². The first-order chi connectivity index (χ1) is 7.83. The lowest BCUT2D eigenvalue weighted by Crippen LogP contribution is -1.95. The van der Waals surface area contributed by atoms with Crippen molar-refractivity contribution in [1.29, 1.82) is 0 Å². The van der Waals surface area contributed by atoms with Crippen LogP contribution < -0.4 is 0 Å². The van der Waals surface area contributed by atoms with Crippen LogP contribution in [0.15, 0.2) is 24.3 Å². The van der Waals surface area contributed by atoms with E-state index in [0.29, 0.717) is 6.61 Å². The minimum absolute atomic E-state index is 0.687. The van der Waals surface area contributed by atoms with E-state index in [1.807, 2.05) is 24.3 Å². The van der Waals surface area contributed by atoms with Crippen molar-refractivity contribution in [2.24, 2.45) is 0 Å². The van der Waals surface area contributed by atoms with Crippen molar-refractivity contribution in [2.45, 2.75) is 38.7 Å². The van der Waals surface area contributed by atoms with Gasteiger partial charge in [0.2, 0.25) is 0 Å². The first kappa shape index (κ1) is 13.5. The fraction of sp³-hybridized carbons (Fsp3) is 0.500. The highest BCUT2D eigenvalue weighted by molar-refractivity contribution is 6.30. The molecule has 0 amide bonds. The van der Waals surface area contributed by atoms with E-state index in [1.165, 1.54) is 24.8 Å². The minimum atomic E-state index is 0.687. The maximum Gasteiger partial charge on any atom is 0.0716 e. The summed E-state index contributed by atoms with van der Waals surface area (Å²) in [5, 5.41) is 0.775. The number of ether oxygens (including phenoxy) is 1. The number of halogens is 1. The Labute approximate surface area is 104 Å². The summed E-state index contributed by atoms with van der Waals surface area (Å²) < 4.78 is 5.58. The summed E-state index contributed by atoms with van der Waals surface area (Å²) >= 11 is 5.80. The molecule has 0 fully saturated rings. The third kappa shape index (κ3) is 6.14. The van der Waals surface area contributed by atoms with Crippen molar-refractivity contribution in [2.75, 3.05) is 6.61 Å². The van der Waals surface area contributed by atoms with Crippen molar-refractivity contribution in [1.82, 2.24) is 0 Å². The maximum absolute atomic E-state index is 5.80. The molecule has 0 saturated heterocycles. The van der Waals surface area contributed by atoms with E-state index in [1.54, 1.807) is 0 Å². The zero-order valence-electron chi connectivity index (χ0n) is 9.75. The van der Waals surface area contributed by atoms with Crippen molar-refractivity contribution < 1.29 is 4.74 Å². The molecule has 0 atom stereocenters. The standard InChI is InChI=1S/C14H20ClO/c1-2-3-4-5-6-11-16-12-13-7-9-14(15)10-8-13/h7-10H,1-6,11-12H2. The summed E-state index contributed by atoms with van der Waals surface area (Å²) in [7, 11) is 0. The molecule has 1 rings (SSSR count). The fourth-order valence-corrected chi connectivity index (χ4v) is 1.63. The van der Waals surface area contributed by atoms with Crippen LogP contribution in [0.4, 0.5) is 0 Å². The molecule has 2 heteroatoms. The number of hydrogen-bond donors (Lipinski definition) is 0. The molecule has 1 radical (unpaired) electrons. The molecule has 0 bridgehead atoms. The molecule has 0 aliphatic rings. The first-order valence-corrected chi connectivity index (χ1v) is 6.32. The molecule has 1 aromatic carbocycles. The zero-order valence-corrected chi connectivity index (χ0v) is 10.5. The van der Waals surface area contributed by atoms with Gasteiger partial charge in [0.1, 0.15) is 0 Å². The van der Waals surface area contributed by atoms with Gasteiger partial charge in [-0.2, -0.15) is 0 Å². The summed E-state index contributed by atoms with van der Waals surface area (Å²) in [6.45, 7) is 5.36. The van der Waals surface area contributed by atoms with Gasteiger partial charge in [0.05, 0.1) is 6.61 Å². The lowest BCUT2D eigenvalue weighted by atomic mass is 10.2. The summed E-state index contributed by atoms with van der Waals surface area (Å²) in [6.07, 6.45) is 5.94. The van der Waals surface area contributed by atoms with Gasteiger partial charge in [-0.1, -0.05) is 56.3 Å². The Hall–Kier alpha value is -0.530. The van der Waals surface area contributed by atoms with Gasteiger partial charge in [-0.25, -0.2) is 0 Å². The van der Waals surface area contributed by atoms with Gasteiger partial charge in [-0.3, -0.25) is 0 Å². The topological polar surface area (TPSA) is 9.23 Å². The Kier molecular flexibility index (Phi) is 7.28. The van der Waals surface area contributed by atoms with Gasteiger partial charge in [0, 0.05) is 11.6 Å². The van der Waals surface area contributed by atoms with Gasteiger partial charge in [0.15, 0.2) is 0 Å². The average molecular weight is 240 g/mol. The van der Waals surface area contributed by atoms with Crippen LogP contribution in [0, 0.1) is 6.92 Å². The quantitative estimate of drug-likeness (QED) is 0.601. The highest BCUT2D eigenvalue weighted by atomic mass is 35.5. The van der Waals surface area contributed by atoms with Crippen LogP contribution in [0.25, 0.3) is 0 Å². The summed E-state index contributed by atoms with van der Waals surface area (Å²) in [5.74, 6) is 0. The van der Waals surface area contributed by atoms with Gasteiger partial charge in [0.25, 0.3) is 0 Å². The third-order valence-corrected chi connectivity index (χ3v) is 2.72. The Morgan fingerprint density at radius 1 is 1.00 bits per heavy atom. The lowest BCUT2D eigenvalue weighted by Gasteiger charge is -2.04. The molecule has 0 spiro atoms. The predicted molar refractivity (Wildman–Crippen MR) is 69.6 cm³/mol. The highest BCUT2D eigenvalue weighted by Gasteiger charge is 1.94. The van der Waals surface area contributed by atoms with Crippen LogP contribution in [0.3, 0.4) is 0 Å². The molecular weight excluding hydrogens is 220 g/mol. The van der Waals surface area contributed by atoms with Crippen LogP contribution in [-0.4, -0.2) is 6.61 Å². The van der Waals surface area contributed by atoms with E-state index in [2.05, 4.69) is 6.92 Å². The van der Waals surface area contributed by atoms with Crippen molar-refractivity contribution in [3.63, 3.8) is 0 Å². The van der Waals surface area contributed by atoms with Crippen molar-refractivity contribution in [3.05, 3.63) is 41.8 Å². The summed E-state index contributed by atoms with van der Waals surface area (Å²) in [5.41, 5.74) is 1.18. The highest BCUT2D eigenvalue weighted by Crippen LogP contribution is 2.10. The Balaban J connectivity index is 2.01. The number of rotatable bonds is 8. The third-order valence-electron chi connectivity index (χ3n) is 2.47. The van der Waals surface area contributed by atoms with Gasteiger partial charge < -0.3 is 4.74 Å². The zero-order chi connectivity index (χ0) is 11.6. The maximum atomic E-state index is 5.80. The molecule has 0 heterocycles. The van der Waals surface area contributed by atoms with Gasteiger partial charge in [-0.15, -0.1) is 0 Å². The van der Waals surface area contributed by atoms with E-state index < -0.39 is 0 Å². The second-order valence-corrected chi connectivity index (χ2v) is 4.38. The summed E-state index contributed by atoms with van der Waals surface area (Å²) in [4.78, 5) is 0. The molecule has 0 aromatic heterocycles. The lowest BCUT2D eigenvalue weighted by molar-refractivity contribution is 0.117. The van der Waals surface area contributed by atoms with Crippen LogP contribution >= 0.6 is 11.6 Å².